The molecule has 0 unspecified atom stereocenters. The minimum absolute atomic E-state index is 0.206. The fourth-order valence-electron chi connectivity index (χ4n) is 2.68. The molecule has 0 spiro atoms. The fourth-order valence-corrected chi connectivity index (χ4v) is 4.02. The molecule has 0 bridgehead atoms. The smallest absolute Gasteiger partial charge is 0.411 e. The number of morpholine rings is 1. The molecule has 1 aromatic carbocycles. The first kappa shape index (κ1) is 19.2. The van der Waals surface area contributed by atoms with Gasteiger partial charge in [0.25, 0.3) is 0 Å². The van der Waals surface area contributed by atoms with E-state index in [1.165, 1.54) is 4.90 Å². The van der Waals surface area contributed by atoms with E-state index in [-0.39, 0.29) is 12.1 Å². The Hall–Kier alpha value is -1.57. The summed E-state index contributed by atoms with van der Waals surface area (Å²) in [6.07, 6.45) is 1.75. The summed E-state index contributed by atoms with van der Waals surface area (Å²) >= 11 is 3.27. The molecule has 1 aromatic heterocycles. The minimum Gasteiger partial charge on any atom is -0.444 e. The van der Waals surface area contributed by atoms with Crippen LogP contribution < -0.4 is 0 Å². The third-order valence-electron chi connectivity index (χ3n) is 3.95. The molecule has 0 N–H and O–H groups in total. The minimum atomic E-state index is -0.521. The van der Waals surface area contributed by atoms with Gasteiger partial charge >= 0.3 is 6.09 Å². The summed E-state index contributed by atoms with van der Waals surface area (Å²) in [4.78, 5) is 20.3. The van der Waals surface area contributed by atoms with Crippen LogP contribution in [0, 0.1) is 0 Å². The molecule has 1 atom stereocenters. The molecular weight excluding hydrogens is 368 g/mol. The number of thioether (sulfide) groups is 1. The lowest BCUT2D eigenvalue weighted by atomic mass is 10.2. The first-order valence-corrected chi connectivity index (χ1v) is 10.6. The van der Waals surface area contributed by atoms with Gasteiger partial charge in [0.05, 0.1) is 18.9 Å². The maximum atomic E-state index is 12.6. The van der Waals surface area contributed by atoms with E-state index < -0.39 is 5.60 Å². The molecule has 2 heterocycles. The van der Waals surface area contributed by atoms with Crippen molar-refractivity contribution in [1.29, 1.82) is 0 Å². The van der Waals surface area contributed by atoms with Crippen molar-refractivity contribution in [1.82, 2.24) is 9.88 Å². The molecule has 1 aliphatic rings. The topological polar surface area (TPSA) is 51.7 Å². The number of benzene rings is 1. The molecule has 0 aliphatic carbocycles. The van der Waals surface area contributed by atoms with Crippen LogP contribution in [0.1, 0.15) is 31.8 Å². The van der Waals surface area contributed by atoms with E-state index in [0.29, 0.717) is 19.8 Å². The Bertz CT molecular complexity index is 753. The largest absolute Gasteiger partial charge is 0.444 e. The summed E-state index contributed by atoms with van der Waals surface area (Å²) in [6, 6.07) is 8.13. The third kappa shape index (κ3) is 4.58. The van der Waals surface area contributed by atoms with Crippen molar-refractivity contribution in [2.45, 2.75) is 37.3 Å². The van der Waals surface area contributed by atoms with Gasteiger partial charge in [-0.15, -0.1) is 23.1 Å². The van der Waals surface area contributed by atoms with Crippen LogP contribution in [-0.4, -0.2) is 47.6 Å². The van der Waals surface area contributed by atoms with Crippen molar-refractivity contribution in [3.8, 4) is 11.3 Å². The highest BCUT2D eigenvalue weighted by Crippen LogP contribution is 2.32. The van der Waals surface area contributed by atoms with Crippen molar-refractivity contribution in [2.75, 3.05) is 26.0 Å². The molecule has 1 fully saturated rings. The van der Waals surface area contributed by atoms with Gasteiger partial charge in [-0.25, -0.2) is 9.78 Å². The van der Waals surface area contributed by atoms with Gasteiger partial charge in [-0.1, -0.05) is 12.1 Å². The van der Waals surface area contributed by atoms with Crippen molar-refractivity contribution in [3.63, 3.8) is 0 Å². The van der Waals surface area contributed by atoms with Gasteiger partial charge in [-0.2, -0.15) is 0 Å². The molecule has 1 aliphatic heterocycles. The average molecular weight is 393 g/mol. The second-order valence-corrected chi connectivity index (χ2v) is 8.83. The predicted octanol–water partition coefficient (Wildman–Crippen LogP) is 4.84. The number of ether oxygens (including phenoxy) is 2. The molecule has 2 aromatic rings. The molecule has 5 nitrogen and oxygen atoms in total. The number of thiazole rings is 1. The van der Waals surface area contributed by atoms with Gasteiger partial charge in [0.2, 0.25) is 0 Å². The molecule has 7 heteroatoms. The second-order valence-electron chi connectivity index (χ2n) is 7.06. The highest BCUT2D eigenvalue weighted by atomic mass is 32.2. The summed E-state index contributed by atoms with van der Waals surface area (Å²) in [5.74, 6) is 0. The standard InChI is InChI=1S/C19H24N2O3S2/c1-19(2,3)24-18(22)21-9-10-23-11-16(21)17-20-15(12-26-17)13-5-7-14(25-4)8-6-13/h5-8,12,16H,9-11H2,1-4H3/t16-/m1/s1. The number of nitrogens with zero attached hydrogens (tertiary/aromatic N) is 2. The first-order chi connectivity index (χ1) is 12.4. The van der Waals surface area contributed by atoms with Gasteiger partial charge in [0.1, 0.15) is 16.7 Å². The van der Waals surface area contributed by atoms with Crippen molar-refractivity contribution in [3.05, 3.63) is 34.7 Å². The summed E-state index contributed by atoms with van der Waals surface area (Å²) in [5.41, 5.74) is 1.48. The van der Waals surface area contributed by atoms with E-state index in [1.807, 2.05) is 26.2 Å². The quantitative estimate of drug-likeness (QED) is 0.700. The summed E-state index contributed by atoms with van der Waals surface area (Å²) < 4.78 is 11.2. The van der Waals surface area contributed by atoms with E-state index in [2.05, 4.69) is 30.5 Å². The Balaban J connectivity index is 1.80. The highest BCUT2D eigenvalue weighted by molar-refractivity contribution is 7.98. The number of hydrogen-bond acceptors (Lipinski definition) is 6. The predicted molar refractivity (Wildman–Crippen MR) is 106 cm³/mol. The lowest BCUT2D eigenvalue weighted by molar-refractivity contribution is -0.0331. The molecule has 140 valence electrons. The van der Waals surface area contributed by atoms with Crippen LogP contribution in [0.3, 0.4) is 0 Å². The van der Waals surface area contributed by atoms with Crippen LogP contribution in [0.5, 0.6) is 0 Å². The van der Waals surface area contributed by atoms with E-state index >= 15 is 0 Å². The van der Waals surface area contributed by atoms with Crippen molar-refractivity contribution < 1.29 is 14.3 Å². The van der Waals surface area contributed by atoms with E-state index in [9.17, 15) is 4.79 Å². The summed E-state index contributed by atoms with van der Waals surface area (Å²) in [7, 11) is 0. The van der Waals surface area contributed by atoms with Crippen LogP contribution >= 0.6 is 23.1 Å². The Labute approximate surface area is 162 Å². The van der Waals surface area contributed by atoms with E-state index in [1.54, 1.807) is 28.0 Å². The molecule has 0 saturated carbocycles. The molecule has 26 heavy (non-hydrogen) atoms. The van der Waals surface area contributed by atoms with Gasteiger partial charge in [-0.05, 0) is 39.2 Å². The normalized spacial score (nSPS) is 18.0. The second kappa shape index (κ2) is 7.98. The number of rotatable bonds is 3. The zero-order valence-corrected chi connectivity index (χ0v) is 17.2. The lowest BCUT2D eigenvalue weighted by Gasteiger charge is -2.35. The number of carbonyl (C=O) groups excluding carboxylic acids is 1. The van der Waals surface area contributed by atoms with Gasteiger partial charge in [0, 0.05) is 22.4 Å². The first-order valence-electron chi connectivity index (χ1n) is 8.54. The molecule has 1 amide bonds. The van der Waals surface area contributed by atoms with Crippen LogP contribution in [-0.2, 0) is 9.47 Å². The van der Waals surface area contributed by atoms with Gasteiger partial charge in [0.15, 0.2) is 0 Å². The Morgan fingerprint density at radius 3 is 2.73 bits per heavy atom. The Morgan fingerprint density at radius 1 is 1.35 bits per heavy atom. The number of carbonyl (C=O) groups is 1. The Morgan fingerprint density at radius 2 is 2.08 bits per heavy atom. The highest BCUT2D eigenvalue weighted by Gasteiger charge is 2.33. The third-order valence-corrected chi connectivity index (χ3v) is 5.64. The van der Waals surface area contributed by atoms with Crippen molar-refractivity contribution >= 4 is 29.2 Å². The fraction of sp³-hybridized carbons (Fsp3) is 0.474. The van der Waals surface area contributed by atoms with Crippen LogP contribution in [0.2, 0.25) is 0 Å². The van der Waals surface area contributed by atoms with Crippen LogP contribution in [0.25, 0.3) is 11.3 Å². The number of hydrogen-bond donors (Lipinski definition) is 0. The van der Waals surface area contributed by atoms with Gasteiger partial charge < -0.3 is 9.47 Å². The summed E-state index contributed by atoms with van der Waals surface area (Å²) in [5, 5.41) is 2.91. The lowest BCUT2D eigenvalue weighted by Crippen LogP contribution is -2.45. The zero-order chi connectivity index (χ0) is 18.7. The zero-order valence-electron chi connectivity index (χ0n) is 15.5. The van der Waals surface area contributed by atoms with E-state index in [0.717, 1.165) is 16.3 Å². The maximum Gasteiger partial charge on any atom is 0.411 e. The molecule has 1 saturated heterocycles. The van der Waals surface area contributed by atoms with Crippen LogP contribution in [0.4, 0.5) is 4.79 Å². The molecule has 3 rings (SSSR count). The maximum absolute atomic E-state index is 12.6. The summed E-state index contributed by atoms with van der Waals surface area (Å²) in [6.45, 7) is 7.10. The monoisotopic (exact) mass is 392 g/mol. The van der Waals surface area contributed by atoms with Crippen molar-refractivity contribution in [2.24, 2.45) is 0 Å². The molecule has 0 radical (unpaired) electrons. The molecular formula is C19H24N2O3S2. The number of aromatic nitrogens is 1. The SMILES string of the molecule is CSc1ccc(-c2csc([C@H]3COCCN3C(=O)OC(C)(C)C)n2)cc1. The van der Waals surface area contributed by atoms with E-state index in [4.69, 9.17) is 14.5 Å². The van der Waals surface area contributed by atoms with Crippen LogP contribution in [0.15, 0.2) is 34.5 Å². The average Bonchev–Trinajstić information content (AvgIpc) is 3.10. The van der Waals surface area contributed by atoms with Gasteiger partial charge in [-0.3, -0.25) is 4.90 Å². The number of amides is 1. The Kier molecular flexibility index (Phi) is 5.89.